The van der Waals surface area contributed by atoms with Gasteiger partial charge >= 0.3 is 6.09 Å². The first kappa shape index (κ1) is 25.7. The summed E-state index contributed by atoms with van der Waals surface area (Å²) in [7, 11) is 0. The van der Waals surface area contributed by atoms with Crippen LogP contribution in [0.4, 0.5) is 4.79 Å². The van der Waals surface area contributed by atoms with Gasteiger partial charge < -0.3 is 19.1 Å². The van der Waals surface area contributed by atoms with Crippen LogP contribution >= 0.6 is 15.9 Å². The van der Waals surface area contributed by atoms with Crippen LogP contribution in [0.2, 0.25) is 0 Å². The second-order valence-electron chi connectivity index (χ2n) is 12.1. The van der Waals surface area contributed by atoms with E-state index in [1.807, 2.05) is 37.8 Å². The largest absolute Gasteiger partial charge is 0.444 e. The summed E-state index contributed by atoms with van der Waals surface area (Å²) in [6, 6.07) is 6.97. The van der Waals surface area contributed by atoms with Crippen LogP contribution in [0.15, 0.2) is 40.4 Å². The first-order valence-electron chi connectivity index (χ1n) is 13.9. The van der Waals surface area contributed by atoms with Crippen LogP contribution in [0.1, 0.15) is 62.5 Å². The third kappa shape index (κ3) is 5.43. The molecule has 38 heavy (non-hydrogen) atoms. The zero-order valence-electron chi connectivity index (χ0n) is 22.6. The Bertz CT molecular complexity index is 1340. The van der Waals surface area contributed by atoms with E-state index < -0.39 is 5.60 Å². The van der Waals surface area contributed by atoms with Crippen molar-refractivity contribution in [1.29, 1.82) is 0 Å². The molecular weight excluding hydrogens is 544 g/mol. The molecule has 0 spiro atoms. The highest BCUT2D eigenvalue weighted by Gasteiger charge is 2.33. The lowest BCUT2D eigenvalue weighted by Crippen LogP contribution is -2.49. The number of piperazine rings is 1. The van der Waals surface area contributed by atoms with Crippen LogP contribution in [0, 0.1) is 0 Å². The van der Waals surface area contributed by atoms with E-state index in [1.54, 1.807) is 4.90 Å². The zero-order chi connectivity index (χ0) is 26.6. The third-order valence-electron chi connectivity index (χ3n) is 7.84. The first-order chi connectivity index (χ1) is 18.2. The number of nitrogens with zero attached hydrogens (tertiary/aromatic N) is 4. The molecule has 2 aliphatic carbocycles. The maximum Gasteiger partial charge on any atom is 0.410 e. The molecule has 8 heteroatoms. The first-order valence-corrected chi connectivity index (χ1v) is 14.7. The van der Waals surface area contributed by atoms with E-state index in [0.717, 1.165) is 83.8 Å². The summed E-state index contributed by atoms with van der Waals surface area (Å²) in [5.74, 6) is 0.107. The molecule has 4 aliphatic rings. The van der Waals surface area contributed by atoms with Crippen LogP contribution in [0.5, 0.6) is 0 Å². The van der Waals surface area contributed by atoms with Crippen molar-refractivity contribution >= 4 is 44.4 Å². The van der Waals surface area contributed by atoms with E-state index in [1.165, 1.54) is 18.4 Å². The molecule has 1 saturated carbocycles. The van der Waals surface area contributed by atoms with Gasteiger partial charge in [-0.15, -0.1) is 0 Å². The second kappa shape index (κ2) is 9.87. The summed E-state index contributed by atoms with van der Waals surface area (Å²) >= 11 is 3.82. The molecule has 7 nitrogen and oxygen atoms in total. The molecule has 2 aliphatic heterocycles. The standard InChI is InChI=1S/C30H37BrN4O3/c1-30(2,3)38-29(37)34-10-4-5-21(19-34)26-17-22-15-23(16-25(31)27(22)35(26)18-20-6-7-20)28(36)33-13-11-32(12-14-33)24-8-9-24/h5-6,15-17,24H,4,7-14,18-19H2,1-3H3. The number of fused-ring (bicyclic) bond motifs is 1. The normalized spacial score (nSPS) is 20.4. The van der Waals surface area contributed by atoms with Crippen molar-refractivity contribution in [2.75, 3.05) is 39.3 Å². The second-order valence-corrected chi connectivity index (χ2v) is 12.9. The molecule has 3 heterocycles. The van der Waals surface area contributed by atoms with Gasteiger partial charge in [0.2, 0.25) is 0 Å². The number of halogens is 1. The Kier molecular flexibility index (Phi) is 6.67. The minimum atomic E-state index is -0.524. The predicted octanol–water partition coefficient (Wildman–Crippen LogP) is 5.68. The fourth-order valence-corrected chi connectivity index (χ4v) is 6.33. The average molecular weight is 582 g/mol. The van der Waals surface area contributed by atoms with E-state index in [2.05, 4.69) is 43.6 Å². The minimum Gasteiger partial charge on any atom is -0.444 e. The van der Waals surface area contributed by atoms with Gasteiger partial charge in [-0.3, -0.25) is 9.69 Å². The molecule has 1 saturated heterocycles. The van der Waals surface area contributed by atoms with Crippen molar-refractivity contribution < 1.29 is 14.3 Å². The van der Waals surface area contributed by atoms with Crippen LogP contribution < -0.4 is 0 Å². The lowest BCUT2D eigenvalue weighted by Gasteiger charge is -2.34. The van der Waals surface area contributed by atoms with Gasteiger partial charge in [0.1, 0.15) is 5.60 Å². The highest BCUT2D eigenvalue weighted by atomic mass is 79.9. The van der Waals surface area contributed by atoms with Crippen LogP contribution in [0.3, 0.4) is 0 Å². The van der Waals surface area contributed by atoms with Crippen molar-refractivity contribution in [1.82, 2.24) is 19.3 Å². The van der Waals surface area contributed by atoms with Crippen molar-refractivity contribution in [2.24, 2.45) is 0 Å². The topological polar surface area (TPSA) is 58.0 Å². The molecule has 2 fully saturated rings. The van der Waals surface area contributed by atoms with Gasteiger partial charge in [-0.2, -0.15) is 0 Å². The number of carbonyl (C=O) groups excluding carboxylic acids is 2. The SMILES string of the molecule is CC(C)(C)OC(=O)N1CCC=C(c2cc3cc(C(=O)N4CCN(C5CC5)CC4)cc(Br)c3n2CC2=CC2)C1. The maximum atomic E-state index is 13.5. The summed E-state index contributed by atoms with van der Waals surface area (Å²) < 4.78 is 8.93. The van der Waals surface area contributed by atoms with Crippen LogP contribution in [0.25, 0.3) is 16.5 Å². The molecular formula is C30H37BrN4O3. The summed E-state index contributed by atoms with van der Waals surface area (Å²) in [6.45, 7) is 11.2. The Labute approximate surface area is 233 Å². The maximum absolute atomic E-state index is 13.5. The lowest BCUT2D eigenvalue weighted by molar-refractivity contribution is 0.0272. The van der Waals surface area contributed by atoms with Crippen LogP contribution in [-0.4, -0.2) is 82.2 Å². The number of hydrogen-bond acceptors (Lipinski definition) is 4. The number of rotatable bonds is 5. The minimum absolute atomic E-state index is 0.107. The zero-order valence-corrected chi connectivity index (χ0v) is 24.2. The number of hydrogen-bond donors (Lipinski definition) is 0. The molecule has 0 N–H and O–H groups in total. The van der Waals surface area contributed by atoms with Gasteiger partial charge in [0.25, 0.3) is 5.91 Å². The quantitative estimate of drug-likeness (QED) is 0.427. The van der Waals surface area contributed by atoms with Gasteiger partial charge in [-0.1, -0.05) is 17.7 Å². The number of benzene rings is 1. The third-order valence-corrected chi connectivity index (χ3v) is 8.45. The number of allylic oxidation sites excluding steroid dienone is 2. The highest BCUT2D eigenvalue weighted by Crippen LogP contribution is 2.36. The number of carbonyl (C=O) groups is 2. The Morgan fingerprint density at radius 2 is 1.74 bits per heavy atom. The van der Waals surface area contributed by atoms with Crippen molar-refractivity contribution in [3.63, 3.8) is 0 Å². The summed E-state index contributed by atoms with van der Waals surface area (Å²) in [6.07, 6.45) is 8.67. The van der Waals surface area contributed by atoms with Gasteiger partial charge in [0.15, 0.2) is 0 Å². The number of ether oxygens (including phenoxy) is 1. The Hall–Kier alpha value is -2.58. The van der Waals surface area contributed by atoms with Crippen molar-refractivity contribution in [3.05, 3.63) is 51.7 Å². The van der Waals surface area contributed by atoms with Crippen LogP contribution in [-0.2, 0) is 11.3 Å². The fraction of sp³-hybridized carbons (Fsp3) is 0.533. The number of aromatic nitrogens is 1. The highest BCUT2D eigenvalue weighted by molar-refractivity contribution is 9.10. The lowest BCUT2D eigenvalue weighted by atomic mass is 10.1. The van der Waals surface area contributed by atoms with Crippen molar-refractivity contribution in [2.45, 2.75) is 64.6 Å². The molecule has 0 atom stereocenters. The Morgan fingerprint density at radius 3 is 2.39 bits per heavy atom. The molecule has 2 aromatic rings. The molecule has 0 bridgehead atoms. The molecule has 2 amide bonds. The summed E-state index contributed by atoms with van der Waals surface area (Å²) in [5, 5.41) is 1.05. The molecule has 0 unspecified atom stereocenters. The van der Waals surface area contributed by atoms with E-state index in [4.69, 9.17) is 4.74 Å². The molecule has 6 rings (SSSR count). The van der Waals surface area contributed by atoms with Gasteiger partial charge in [0, 0.05) is 66.4 Å². The summed E-state index contributed by atoms with van der Waals surface area (Å²) in [4.78, 5) is 32.7. The van der Waals surface area contributed by atoms with Gasteiger partial charge in [0.05, 0.1) is 12.1 Å². The number of amides is 2. The predicted molar refractivity (Wildman–Crippen MR) is 153 cm³/mol. The summed E-state index contributed by atoms with van der Waals surface area (Å²) in [5.41, 5.74) is 4.93. The fourth-order valence-electron chi connectivity index (χ4n) is 5.64. The Morgan fingerprint density at radius 1 is 1.00 bits per heavy atom. The molecule has 202 valence electrons. The van der Waals surface area contributed by atoms with Gasteiger partial charge in [-0.25, -0.2) is 4.79 Å². The average Bonchev–Trinajstić information content (AvgIpc) is 3.81. The molecule has 0 radical (unpaired) electrons. The van der Waals surface area contributed by atoms with E-state index in [9.17, 15) is 9.59 Å². The monoisotopic (exact) mass is 580 g/mol. The van der Waals surface area contributed by atoms with E-state index >= 15 is 0 Å². The Balaban J connectivity index is 1.28. The van der Waals surface area contributed by atoms with E-state index in [0.29, 0.717) is 13.1 Å². The molecule has 1 aromatic carbocycles. The van der Waals surface area contributed by atoms with E-state index in [-0.39, 0.29) is 12.0 Å². The smallest absolute Gasteiger partial charge is 0.410 e. The van der Waals surface area contributed by atoms with Crippen molar-refractivity contribution in [3.8, 4) is 0 Å². The van der Waals surface area contributed by atoms with Gasteiger partial charge in [-0.05, 0) is 86.2 Å². The molecule has 1 aromatic heterocycles.